The Hall–Kier alpha value is -2.59. The summed E-state index contributed by atoms with van der Waals surface area (Å²) in [6.45, 7) is 4.08. The molecule has 31 heavy (non-hydrogen) atoms. The molecule has 2 fully saturated rings. The third-order valence-corrected chi connectivity index (χ3v) is 7.39. The van der Waals surface area contributed by atoms with Crippen LogP contribution in [0.2, 0.25) is 0 Å². The van der Waals surface area contributed by atoms with E-state index in [1.807, 2.05) is 29.8 Å². The van der Waals surface area contributed by atoms with Crippen molar-refractivity contribution in [3.8, 4) is 11.6 Å². The Morgan fingerprint density at radius 1 is 1.23 bits per heavy atom. The lowest BCUT2D eigenvalue weighted by Crippen LogP contribution is -2.58. The fraction of sp³-hybridized carbons (Fsp3) is 0.524. The van der Waals surface area contributed by atoms with Crippen LogP contribution in [0.5, 0.6) is 5.88 Å². The van der Waals surface area contributed by atoms with Crippen molar-refractivity contribution in [1.82, 2.24) is 29.8 Å². The van der Waals surface area contributed by atoms with Crippen molar-refractivity contribution in [1.29, 1.82) is 0 Å². The van der Waals surface area contributed by atoms with E-state index in [1.54, 1.807) is 25.4 Å². The molecule has 2 aromatic heterocycles. The van der Waals surface area contributed by atoms with Crippen molar-refractivity contribution in [2.45, 2.75) is 44.3 Å². The van der Waals surface area contributed by atoms with Gasteiger partial charge >= 0.3 is 0 Å². The second-order valence-corrected chi connectivity index (χ2v) is 9.29. The van der Waals surface area contributed by atoms with Crippen LogP contribution < -0.4 is 10.1 Å². The lowest BCUT2D eigenvalue weighted by atomic mass is 10.0. The largest absolute Gasteiger partial charge is 0.479 e. The number of rotatable bonds is 4. The molecule has 3 aliphatic heterocycles. The number of fused-ring (bicyclic) bond motifs is 3. The van der Waals surface area contributed by atoms with E-state index in [4.69, 9.17) is 19.2 Å². The fourth-order valence-corrected chi connectivity index (χ4v) is 5.99. The van der Waals surface area contributed by atoms with E-state index in [0.29, 0.717) is 18.0 Å². The lowest BCUT2D eigenvalue weighted by Gasteiger charge is -2.43. The molecule has 3 unspecified atom stereocenters. The summed E-state index contributed by atoms with van der Waals surface area (Å²) in [5.74, 6) is 1.92. The number of aromatic nitrogens is 3. The molecule has 0 aromatic carbocycles. The molecule has 1 N–H and O–H groups in total. The monoisotopic (exact) mass is 438 g/mol. The third-order valence-electron chi connectivity index (χ3n) is 6.51. The van der Waals surface area contributed by atoms with Crippen molar-refractivity contribution in [2.24, 2.45) is 15.4 Å². The van der Waals surface area contributed by atoms with Gasteiger partial charge in [-0.05, 0) is 44.7 Å². The number of ether oxygens (including phenoxy) is 1. The fourth-order valence-electron chi connectivity index (χ4n) is 5.12. The topological polar surface area (TPSA) is 83.2 Å². The summed E-state index contributed by atoms with van der Waals surface area (Å²) in [5.41, 5.74) is 4.09. The first-order valence-electron chi connectivity index (χ1n) is 10.9. The molecule has 162 valence electrons. The summed E-state index contributed by atoms with van der Waals surface area (Å²) >= 11 is 1.58. The van der Waals surface area contributed by atoms with Gasteiger partial charge in [0.25, 0.3) is 0 Å². The first-order chi connectivity index (χ1) is 15.2. The van der Waals surface area contributed by atoms with Gasteiger partial charge in [0, 0.05) is 42.9 Å². The maximum Gasteiger partial charge on any atom is 0.238 e. The highest BCUT2D eigenvalue weighted by Gasteiger charge is 2.47. The smallest absolute Gasteiger partial charge is 0.238 e. The first-order valence-corrected chi connectivity index (χ1v) is 11.7. The predicted octanol–water partition coefficient (Wildman–Crippen LogP) is 2.37. The molecular weight excluding hydrogens is 412 g/mol. The van der Waals surface area contributed by atoms with E-state index in [1.165, 1.54) is 18.6 Å². The molecular formula is C21H26N8OS. The van der Waals surface area contributed by atoms with Gasteiger partial charge in [-0.3, -0.25) is 9.91 Å². The van der Waals surface area contributed by atoms with E-state index in [2.05, 4.69) is 20.2 Å². The van der Waals surface area contributed by atoms with E-state index < -0.39 is 0 Å². The standard InChI is InChI=1S/C21H26N8OS/c1-13-11-27(12-22-13)17-8-7-16(23-19(17)30-2)18-24-21(31-26-18)28-9-4-10-29-20(28)14-5-3-6-15(14)25-29/h7-8,11-12,14,20-21H,3-6,9-10H2,1-2H3,(H,24,26). The van der Waals surface area contributed by atoms with Gasteiger partial charge in [0.2, 0.25) is 5.88 Å². The normalized spacial score (nSPS) is 27.5. The molecule has 5 heterocycles. The van der Waals surface area contributed by atoms with Crippen LogP contribution in [0.1, 0.15) is 37.1 Å². The second kappa shape index (κ2) is 7.52. The van der Waals surface area contributed by atoms with Crippen LogP contribution in [0.15, 0.2) is 34.2 Å². The van der Waals surface area contributed by atoms with Gasteiger partial charge in [0.15, 0.2) is 11.3 Å². The Kier molecular flexibility index (Phi) is 4.64. The number of nitrogens with one attached hydrogen (secondary N) is 1. The zero-order chi connectivity index (χ0) is 20.9. The summed E-state index contributed by atoms with van der Waals surface area (Å²) in [7, 11) is 1.64. The second-order valence-electron chi connectivity index (χ2n) is 8.45. The molecule has 0 spiro atoms. The highest BCUT2D eigenvalue weighted by Crippen LogP contribution is 2.40. The number of aryl methyl sites for hydroxylation is 1. The van der Waals surface area contributed by atoms with E-state index in [-0.39, 0.29) is 5.50 Å². The summed E-state index contributed by atoms with van der Waals surface area (Å²) in [6.07, 6.45) is 8.88. The quantitative estimate of drug-likeness (QED) is 0.734. The molecule has 0 radical (unpaired) electrons. The molecule has 0 amide bonds. The molecule has 1 saturated carbocycles. The zero-order valence-electron chi connectivity index (χ0n) is 17.7. The van der Waals surface area contributed by atoms with E-state index in [0.717, 1.165) is 48.8 Å². The van der Waals surface area contributed by atoms with Crippen LogP contribution in [-0.4, -0.2) is 67.9 Å². The maximum absolute atomic E-state index is 5.57. The van der Waals surface area contributed by atoms with Crippen molar-refractivity contribution in [3.63, 3.8) is 0 Å². The Bertz CT molecular complexity index is 1070. The minimum atomic E-state index is 0.0988. The summed E-state index contributed by atoms with van der Waals surface area (Å²) in [5, 5.41) is 10.9. The van der Waals surface area contributed by atoms with Crippen LogP contribution in [0.3, 0.4) is 0 Å². The number of hydrogen-bond acceptors (Lipinski definition) is 9. The predicted molar refractivity (Wildman–Crippen MR) is 120 cm³/mol. The average Bonchev–Trinajstić information content (AvgIpc) is 3.56. The number of hydrogen-bond donors (Lipinski definition) is 1. The Morgan fingerprint density at radius 3 is 3.00 bits per heavy atom. The number of hydrazone groups is 1. The van der Waals surface area contributed by atoms with Gasteiger partial charge in [-0.25, -0.2) is 9.97 Å². The van der Waals surface area contributed by atoms with Gasteiger partial charge in [0.05, 0.1) is 19.1 Å². The van der Waals surface area contributed by atoms with Crippen LogP contribution >= 0.6 is 11.9 Å². The van der Waals surface area contributed by atoms with Crippen LogP contribution in [-0.2, 0) is 0 Å². The first kappa shape index (κ1) is 19.1. The molecule has 0 bridgehead atoms. The molecule has 3 atom stereocenters. The minimum Gasteiger partial charge on any atom is -0.479 e. The zero-order valence-corrected chi connectivity index (χ0v) is 18.5. The summed E-state index contributed by atoms with van der Waals surface area (Å²) in [4.78, 5) is 11.6. The van der Waals surface area contributed by atoms with E-state index in [9.17, 15) is 0 Å². The highest BCUT2D eigenvalue weighted by molar-refractivity contribution is 7.99. The van der Waals surface area contributed by atoms with Gasteiger partial charge in [-0.15, -0.1) is 0 Å². The van der Waals surface area contributed by atoms with Crippen LogP contribution in [0.4, 0.5) is 0 Å². The van der Waals surface area contributed by atoms with Crippen molar-refractivity contribution >= 4 is 23.5 Å². The van der Waals surface area contributed by atoms with Crippen molar-refractivity contribution in [2.75, 3.05) is 20.2 Å². The van der Waals surface area contributed by atoms with Gasteiger partial charge in [0.1, 0.15) is 17.5 Å². The SMILES string of the molecule is COc1nc(C2=NSC(N3CCCN4N=C5CCCC5C43)N2)ccc1-n1cnc(C)c1. The molecule has 6 rings (SSSR count). The number of pyridine rings is 1. The van der Waals surface area contributed by atoms with Gasteiger partial charge < -0.3 is 14.6 Å². The van der Waals surface area contributed by atoms with Crippen molar-refractivity contribution < 1.29 is 4.74 Å². The van der Waals surface area contributed by atoms with Crippen LogP contribution in [0.25, 0.3) is 5.69 Å². The third kappa shape index (κ3) is 3.20. The average molecular weight is 439 g/mol. The Balaban J connectivity index is 1.21. The van der Waals surface area contributed by atoms with E-state index >= 15 is 0 Å². The molecule has 1 saturated heterocycles. The number of nitrogens with zero attached hydrogens (tertiary/aromatic N) is 7. The molecule has 4 aliphatic rings. The van der Waals surface area contributed by atoms with Gasteiger partial charge in [-0.2, -0.15) is 9.50 Å². The summed E-state index contributed by atoms with van der Waals surface area (Å²) in [6, 6.07) is 3.99. The van der Waals surface area contributed by atoms with Gasteiger partial charge in [-0.1, -0.05) is 0 Å². The minimum absolute atomic E-state index is 0.0988. The Labute approximate surface area is 185 Å². The number of methoxy groups -OCH3 is 1. The summed E-state index contributed by atoms with van der Waals surface area (Å²) < 4.78 is 12.2. The van der Waals surface area contributed by atoms with Crippen LogP contribution in [0, 0.1) is 12.8 Å². The molecule has 2 aromatic rings. The maximum atomic E-state index is 5.57. The highest BCUT2D eigenvalue weighted by atomic mass is 32.2. The van der Waals surface area contributed by atoms with Crippen molar-refractivity contribution in [3.05, 3.63) is 36.0 Å². The number of imidazole rings is 1. The number of amidine groups is 1. The molecule has 10 heteroatoms. The lowest BCUT2D eigenvalue weighted by molar-refractivity contribution is -0.0103. The molecule has 1 aliphatic carbocycles. The Morgan fingerprint density at radius 2 is 2.16 bits per heavy atom. The molecule has 9 nitrogen and oxygen atoms in total.